The van der Waals surface area contributed by atoms with Crippen molar-refractivity contribution >= 4 is 45.0 Å². The zero-order valence-corrected chi connectivity index (χ0v) is 25.7. The number of aliphatic carboxylic acids is 1. The third-order valence-corrected chi connectivity index (χ3v) is 8.85. The molecule has 0 spiro atoms. The number of nitrogen functional groups attached to an aromatic ring is 1. The van der Waals surface area contributed by atoms with Gasteiger partial charge in [-0.05, 0) is 64.9 Å². The van der Waals surface area contributed by atoms with E-state index in [1.807, 2.05) is 84.2 Å². The van der Waals surface area contributed by atoms with Crippen molar-refractivity contribution in [3.8, 4) is 0 Å². The van der Waals surface area contributed by atoms with Crippen molar-refractivity contribution in [2.24, 2.45) is 11.7 Å². The molecular weight excluding hydrogens is 617 g/mol. The van der Waals surface area contributed by atoms with E-state index in [1.165, 1.54) is 0 Å². The van der Waals surface area contributed by atoms with E-state index in [4.69, 9.17) is 21.0 Å². The number of carboxylic acid groups (broad SMARTS) is 1. The van der Waals surface area contributed by atoms with E-state index < -0.39 is 18.1 Å². The fourth-order valence-corrected chi connectivity index (χ4v) is 6.49. The highest BCUT2D eigenvalue weighted by atomic mass is 32.1. The van der Waals surface area contributed by atoms with E-state index >= 15 is 0 Å². The van der Waals surface area contributed by atoms with Gasteiger partial charge in [0.1, 0.15) is 5.84 Å². The van der Waals surface area contributed by atoms with E-state index in [0.717, 1.165) is 52.5 Å². The lowest BCUT2D eigenvalue weighted by atomic mass is 9.82. The van der Waals surface area contributed by atoms with Crippen LogP contribution in [-0.4, -0.2) is 40.9 Å². The molecule has 0 aliphatic heterocycles. The van der Waals surface area contributed by atoms with Crippen LogP contribution in [0, 0.1) is 11.3 Å². The first-order valence-electron chi connectivity index (χ1n) is 14.8. The van der Waals surface area contributed by atoms with E-state index in [-0.39, 0.29) is 29.6 Å². The summed E-state index contributed by atoms with van der Waals surface area (Å²) in [5.74, 6) is -3.52. The third-order valence-electron chi connectivity index (χ3n) is 7.87. The summed E-state index contributed by atoms with van der Waals surface area (Å²) < 4.78 is 32.8. The minimum Gasteiger partial charge on any atom is -0.475 e. The average Bonchev–Trinajstić information content (AvgIpc) is 3.46. The van der Waals surface area contributed by atoms with E-state index in [9.17, 15) is 22.8 Å². The summed E-state index contributed by atoms with van der Waals surface area (Å²) in [4.78, 5) is 36.2. The van der Waals surface area contributed by atoms with Crippen LogP contribution >= 0.6 is 11.3 Å². The van der Waals surface area contributed by atoms with Crippen molar-refractivity contribution in [1.29, 1.82) is 5.41 Å². The van der Waals surface area contributed by atoms with Crippen LogP contribution in [0.3, 0.4) is 0 Å². The quantitative estimate of drug-likeness (QED) is 0.109. The molecule has 3 aromatic carbocycles. The van der Waals surface area contributed by atoms with Crippen molar-refractivity contribution in [2.45, 2.75) is 56.8 Å². The second-order valence-electron chi connectivity index (χ2n) is 11.1. The van der Waals surface area contributed by atoms with E-state index in [1.54, 1.807) is 11.3 Å². The van der Waals surface area contributed by atoms with Crippen LogP contribution in [0.25, 0.3) is 10.1 Å². The molecule has 3 atom stereocenters. The Morgan fingerprint density at radius 3 is 2.17 bits per heavy atom. The fraction of sp³-hybridized carbons (Fsp3) is 0.294. The molecule has 2 unspecified atom stereocenters. The molecule has 1 heterocycles. The number of carboxylic acids is 1. The van der Waals surface area contributed by atoms with E-state index in [2.05, 4.69) is 10.6 Å². The molecule has 0 radical (unpaired) electrons. The topological polar surface area (TPSA) is 145 Å². The summed E-state index contributed by atoms with van der Waals surface area (Å²) in [7, 11) is 0. The largest absolute Gasteiger partial charge is 0.490 e. The molecule has 242 valence electrons. The average molecular weight is 653 g/mol. The molecule has 46 heavy (non-hydrogen) atoms. The van der Waals surface area contributed by atoms with Gasteiger partial charge in [-0.2, -0.15) is 13.2 Å². The Balaban J connectivity index is 0.000000617. The number of nitrogens with two attached hydrogens (primary N) is 1. The number of halogens is 3. The molecule has 0 saturated heterocycles. The molecule has 6 N–H and O–H groups in total. The number of hydrogen-bond donors (Lipinski definition) is 5. The van der Waals surface area contributed by atoms with Gasteiger partial charge in [-0.1, -0.05) is 73.5 Å². The van der Waals surface area contributed by atoms with E-state index in [0.29, 0.717) is 18.5 Å². The minimum atomic E-state index is -5.08. The summed E-state index contributed by atoms with van der Waals surface area (Å²) in [6.07, 6.45) is -1.03. The zero-order valence-electron chi connectivity index (χ0n) is 24.8. The maximum Gasteiger partial charge on any atom is 0.490 e. The number of carbonyl (C=O) groups excluding carboxylic acids is 2. The molecule has 5 rings (SSSR count). The monoisotopic (exact) mass is 652 g/mol. The molecule has 12 heteroatoms. The van der Waals surface area contributed by atoms with Crippen molar-refractivity contribution in [2.75, 3.05) is 0 Å². The number of amidine groups is 1. The molecule has 1 aliphatic rings. The van der Waals surface area contributed by atoms with Crippen LogP contribution in [-0.2, 0) is 27.3 Å². The molecule has 1 aliphatic carbocycles. The molecule has 1 saturated carbocycles. The number of hydrogen-bond acceptors (Lipinski definition) is 5. The van der Waals surface area contributed by atoms with Gasteiger partial charge in [-0.15, -0.1) is 11.3 Å². The third kappa shape index (κ3) is 9.16. The van der Waals surface area contributed by atoms with Crippen molar-refractivity contribution in [1.82, 2.24) is 10.6 Å². The lowest BCUT2D eigenvalue weighted by molar-refractivity contribution is -0.192. The first-order chi connectivity index (χ1) is 21.9. The SMILES string of the molecule is N=C(N)c1ccc2scc(C(Cc3ccccc3)C(=O)NC3CCCC[C@H]3C(=O)NCc3ccccc3)c2c1.O=C(O)C(F)(F)F. The van der Waals surface area contributed by atoms with Gasteiger partial charge in [-0.3, -0.25) is 15.0 Å². The Morgan fingerprint density at radius 1 is 0.957 bits per heavy atom. The molecule has 0 bridgehead atoms. The second-order valence-corrected chi connectivity index (χ2v) is 12.0. The number of benzene rings is 3. The number of carbonyl (C=O) groups is 3. The number of amides is 2. The summed E-state index contributed by atoms with van der Waals surface area (Å²) in [6, 6.07) is 25.4. The van der Waals surface area contributed by atoms with Crippen LogP contribution < -0.4 is 16.4 Å². The van der Waals surface area contributed by atoms with Gasteiger partial charge in [-0.25, -0.2) is 4.79 Å². The maximum atomic E-state index is 14.0. The Hall–Kier alpha value is -4.71. The van der Waals surface area contributed by atoms with Gasteiger partial charge in [0, 0.05) is 22.8 Å². The van der Waals surface area contributed by atoms with Gasteiger partial charge in [0.25, 0.3) is 0 Å². The summed E-state index contributed by atoms with van der Waals surface area (Å²) >= 11 is 1.59. The Bertz CT molecular complexity index is 1660. The predicted molar refractivity (Wildman–Crippen MR) is 172 cm³/mol. The normalized spacial score (nSPS) is 16.8. The highest BCUT2D eigenvalue weighted by Gasteiger charge is 2.38. The number of fused-ring (bicyclic) bond motifs is 1. The highest BCUT2D eigenvalue weighted by Crippen LogP contribution is 2.35. The number of thiophene rings is 1. The predicted octanol–water partition coefficient (Wildman–Crippen LogP) is 6.14. The van der Waals surface area contributed by atoms with Gasteiger partial charge < -0.3 is 21.5 Å². The molecular formula is C34H35F3N4O4S. The molecule has 1 fully saturated rings. The van der Waals surface area contributed by atoms with Gasteiger partial charge in [0.2, 0.25) is 11.8 Å². The van der Waals surface area contributed by atoms with Crippen LogP contribution in [0.15, 0.2) is 84.2 Å². The van der Waals surface area contributed by atoms with Gasteiger partial charge in [0.05, 0.1) is 11.8 Å². The smallest absolute Gasteiger partial charge is 0.475 e. The van der Waals surface area contributed by atoms with Crippen LogP contribution in [0.2, 0.25) is 0 Å². The molecule has 1 aromatic heterocycles. The van der Waals surface area contributed by atoms with Gasteiger partial charge >= 0.3 is 12.1 Å². The van der Waals surface area contributed by atoms with Gasteiger partial charge in [0.15, 0.2) is 0 Å². The summed E-state index contributed by atoms with van der Waals surface area (Å²) in [5, 5.41) is 24.4. The second kappa shape index (κ2) is 15.5. The molecule has 2 amide bonds. The summed E-state index contributed by atoms with van der Waals surface area (Å²) in [5.41, 5.74) is 9.48. The lowest BCUT2D eigenvalue weighted by Crippen LogP contribution is -2.49. The maximum absolute atomic E-state index is 14.0. The first kappa shape index (κ1) is 34.2. The Labute approximate surface area is 268 Å². The lowest BCUT2D eigenvalue weighted by Gasteiger charge is -2.32. The molecule has 8 nitrogen and oxygen atoms in total. The zero-order chi connectivity index (χ0) is 33.3. The van der Waals surface area contributed by atoms with Crippen LogP contribution in [0.5, 0.6) is 0 Å². The van der Waals surface area contributed by atoms with Crippen molar-refractivity contribution in [3.05, 3.63) is 106 Å². The standard InChI is InChI=1S/C32H34N4O2S.C2HF3O2/c33-30(34)23-15-16-29-25(18-23)27(20-39-29)26(17-21-9-3-1-4-10-21)32(38)36-28-14-8-7-13-24(28)31(37)35-19-22-11-5-2-6-12-22;3-2(4,5)1(6)7/h1-6,9-12,15-16,18,20,24,26,28H,7-8,13-14,17,19H2,(H3,33,34)(H,35,37)(H,36,38);(H,6,7)/t24-,26?,28?;/m1./s1. The Kier molecular flexibility index (Phi) is 11.5. The highest BCUT2D eigenvalue weighted by molar-refractivity contribution is 7.17. The Morgan fingerprint density at radius 2 is 1.57 bits per heavy atom. The number of nitrogens with one attached hydrogen (secondary N) is 3. The minimum absolute atomic E-state index is 0.00412. The van der Waals surface area contributed by atoms with Crippen molar-refractivity contribution < 1.29 is 32.7 Å². The van der Waals surface area contributed by atoms with Crippen LogP contribution in [0.1, 0.15) is 53.9 Å². The fourth-order valence-electron chi connectivity index (χ4n) is 5.50. The summed E-state index contributed by atoms with van der Waals surface area (Å²) in [6.45, 7) is 0.479. The van der Waals surface area contributed by atoms with Crippen LogP contribution in [0.4, 0.5) is 13.2 Å². The molecule has 4 aromatic rings. The first-order valence-corrected chi connectivity index (χ1v) is 15.6. The van der Waals surface area contributed by atoms with Crippen molar-refractivity contribution in [3.63, 3.8) is 0 Å². The number of alkyl halides is 3. The number of rotatable bonds is 9.